The molecule has 5 nitrogen and oxygen atoms in total. The number of nitrogens with zero attached hydrogens (tertiary/aromatic N) is 2. The van der Waals surface area contributed by atoms with Crippen LogP contribution in [0.5, 0.6) is 0 Å². The number of aromatic nitrogens is 2. The van der Waals surface area contributed by atoms with Crippen LogP contribution in [0.2, 0.25) is 0 Å². The fourth-order valence-corrected chi connectivity index (χ4v) is 2.10. The highest BCUT2D eigenvalue weighted by Gasteiger charge is 2.13. The molecule has 1 atom stereocenters. The predicted molar refractivity (Wildman–Crippen MR) is 67.4 cm³/mol. The molecule has 1 aliphatic rings. The van der Waals surface area contributed by atoms with Crippen molar-refractivity contribution in [3.8, 4) is 0 Å². The third-order valence-corrected chi connectivity index (χ3v) is 3.15. The van der Waals surface area contributed by atoms with Gasteiger partial charge in [-0.2, -0.15) is 0 Å². The Balaban J connectivity index is 1.62. The number of nitrogens with one attached hydrogen (secondary N) is 1. The first kappa shape index (κ1) is 13.1. The molecule has 18 heavy (non-hydrogen) atoms. The number of ether oxygens (including phenoxy) is 1. The number of hydrogen-bond donors (Lipinski definition) is 1. The van der Waals surface area contributed by atoms with E-state index in [0.29, 0.717) is 18.2 Å². The summed E-state index contributed by atoms with van der Waals surface area (Å²) in [7, 11) is 0. The van der Waals surface area contributed by atoms with Crippen LogP contribution >= 0.6 is 0 Å². The van der Waals surface area contributed by atoms with Crippen molar-refractivity contribution in [1.29, 1.82) is 0 Å². The summed E-state index contributed by atoms with van der Waals surface area (Å²) in [5.41, 5.74) is 0.372. The fraction of sp³-hybridized carbons (Fsp3) is 0.615. The van der Waals surface area contributed by atoms with Gasteiger partial charge in [-0.25, -0.2) is 4.98 Å². The van der Waals surface area contributed by atoms with Gasteiger partial charge in [-0.3, -0.25) is 9.78 Å². The number of Topliss-reactive ketones (excluding diaryl/α,β-unsaturated/α-hetero) is 1. The van der Waals surface area contributed by atoms with Crippen molar-refractivity contribution in [3.05, 3.63) is 24.3 Å². The molecule has 1 aliphatic heterocycles. The summed E-state index contributed by atoms with van der Waals surface area (Å²) in [6.45, 7) is 2.93. The molecule has 0 bridgehead atoms. The van der Waals surface area contributed by atoms with Crippen LogP contribution in [0.25, 0.3) is 0 Å². The molecule has 1 fully saturated rings. The van der Waals surface area contributed by atoms with Gasteiger partial charge in [-0.1, -0.05) is 0 Å². The van der Waals surface area contributed by atoms with E-state index in [-0.39, 0.29) is 12.4 Å². The lowest BCUT2D eigenvalue weighted by molar-refractivity contribution is 0.0720. The summed E-state index contributed by atoms with van der Waals surface area (Å²) >= 11 is 0. The third-order valence-electron chi connectivity index (χ3n) is 3.15. The second-order valence-electron chi connectivity index (χ2n) is 4.57. The molecular formula is C13H19N3O2. The molecule has 1 N–H and O–H groups in total. The van der Waals surface area contributed by atoms with Crippen LogP contribution in [0.4, 0.5) is 0 Å². The maximum atomic E-state index is 11.7. The van der Waals surface area contributed by atoms with E-state index in [1.807, 2.05) is 0 Å². The maximum absolute atomic E-state index is 11.7. The second kappa shape index (κ2) is 7.18. The van der Waals surface area contributed by atoms with Crippen LogP contribution in [0, 0.1) is 5.92 Å². The highest BCUT2D eigenvalue weighted by atomic mass is 16.5. The van der Waals surface area contributed by atoms with Gasteiger partial charge in [0.05, 0.1) is 6.20 Å². The summed E-state index contributed by atoms with van der Waals surface area (Å²) in [5.74, 6) is 0.579. The number of ketones is 1. The minimum Gasteiger partial charge on any atom is -0.373 e. The predicted octanol–water partition coefficient (Wildman–Crippen LogP) is 1.07. The van der Waals surface area contributed by atoms with E-state index in [2.05, 4.69) is 15.3 Å². The smallest absolute Gasteiger partial charge is 0.208 e. The Morgan fingerprint density at radius 1 is 1.50 bits per heavy atom. The molecule has 2 rings (SSSR count). The number of piperidine rings is 1. The van der Waals surface area contributed by atoms with E-state index in [1.54, 1.807) is 6.20 Å². The minimum absolute atomic E-state index is 0.0961. The van der Waals surface area contributed by atoms with Crippen LogP contribution in [0.3, 0.4) is 0 Å². The van der Waals surface area contributed by atoms with Gasteiger partial charge in [0.15, 0.2) is 0 Å². The van der Waals surface area contributed by atoms with Crippen molar-refractivity contribution in [2.75, 3.05) is 26.3 Å². The minimum atomic E-state index is -0.107. The zero-order valence-electron chi connectivity index (χ0n) is 10.5. The summed E-state index contributed by atoms with van der Waals surface area (Å²) in [4.78, 5) is 19.5. The average molecular weight is 249 g/mol. The van der Waals surface area contributed by atoms with Gasteiger partial charge in [0.25, 0.3) is 0 Å². The van der Waals surface area contributed by atoms with Gasteiger partial charge in [0.1, 0.15) is 12.3 Å². The second-order valence-corrected chi connectivity index (χ2v) is 4.57. The first-order valence-electron chi connectivity index (χ1n) is 6.44. The molecule has 1 aromatic rings. The van der Waals surface area contributed by atoms with Crippen molar-refractivity contribution < 1.29 is 9.53 Å². The Morgan fingerprint density at radius 3 is 3.17 bits per heavy atom. The Morgan fingerprint density at radius 2 is 2.44 bits per heavy atom. The van der Waals surface area contributed by atoms with Crippen LogP contribution < -0.4 is 5.32 Å². The van der Waals surface area contributed by atoms with Crippen molar-refractivity contribution in [1.82, 2.24) is 15.3 Å². The van der Waals surface area contributed by atoms with E-state index >= 15 is 0 Å². The molecule has 0 amide bonds. The van der Waals surface area contributed by atoms with Gasteiger partial charge in [0, 0.05) is 19.0 Å². The normalized spacial score (nSPS) is 19.7. The van der Waals surface area contributed by atoms with Crippen LogP contribution in [0.15, 0.2) is 18.6 Å². The zero-order valence-corrected chi connectivity index (χ0v) is 10.5. The van der Waals surface area contributed by atoms with E-state index < -0.39 is 0 Å². The Bertz CT molecular complexity index is 364. The molecule has 0 spiro atoms. The standard InChI is InChI=1S/C13H19N3O2/c17-13(12-9-15-5-6-16-12)10-18-7-3-11-2-1-4-14-8-11/h5-6,9,11,14H,1-4,7-8,10H2/t11-/m1/s1. The largest absolute Gasteiger partial charge is 0.373 e. The molecule has 1 saturated heterocycles. The third kappa shape index (κ3) is 4.16. The molecule has 5 heteroatoms. The fourth-order valence-electron chi connectivity index (χ4n) is 2.10. The Hall–Kier alpha value is -1.33. The summed E-state index contributed by atoms with van der Waals surface area (Å²) < 4.78 is 5.41. The van der Waals surface area contributed by atoms with Crippen LogP contribution in [0.1, 0.15) is 29.8 Å². The zero-order chi connectivity index (χ0) is 12.6. The maximum Gasteiger partial charge on any atom is 0.208 e. The molecule has 1 aromatic heterocycles. The van der Waals surface area contributed by atoms with E-state index in [1.165, 1.54) is 25.2 Å². The lowest BCUT2D eigenvalue weighted by atomic mass is 9.97. The summed E-state index contributed by atoms with van der Waals surface area (Å²) in [6.07, 6.45) is 8.05. The van der Waals surface area contributed by atoms with E-state index in [0.717, 1.165) is 19.5 Å². The average Bonchev–Trinajstić information content (AvgIpc) is 2.45. The van der Waals surface area contributed by atoms with E-state index in [9.17, 15) is 4.79 Å². The molecule has 2 heterocycles. The van der Waals surface area contributed by atoms with E-state index in [4.69, 9.17) is 4.74 Å². The highest BCUT2D eigenvalue weighted by Crippen LogP contribution is 2.13. The Kier molecular flexibility index (Phi) is 5.23. The molecule has 0 aliphatic carbocycles. The SMILES string of the molecule is O=C(COCC[C@H]1CCCNC1)c1cnccn1. The van der Waals surface area contributed by atoms with Crippen molar-refractivity contribution in [2.45, 2.75) is 19.3 Å². The summed E-state index contributed by atoms with van der Waals surface area (Å²) in [6, 6.07) is 0. The molecule has 0 radical (unpaired) electrons. The van der Waals surface area contributed by atoms with Crippen molar-refractivity contribution >= 4 is 5.78 Å². The van der Waals surface area contributed by atoms with Gasteiger partial charge in [-0.05, 0) is 38.3 Å². The van der Waals surface area contributed by atoms with Crippen LogP contribution in [-0.2, 0) is 4.74 Å². The molecule has 0 unspecified atom stereocenters. The first-order chi connectivity index (χ1) is 8.86. The molecular weight excluding hydrogens is 230 g/mol. The number of rotatable bonds is 6. The number of carbonyl (C=O) groups is 1. The lowest BCUT2D eigenvalue weighted by Crippen LogP contribution is -2.30. The van der Waals surface area contributed by atoms with Gasteiger partial charge < -0.3 is 10.1 Å². The van der Waals surface area contributed by atoms with Crippen molar-refractivity contribution in [3.63, 3.8) is 0 Å². The van der Waals surface area contributed by atoms with Gasteiger partial charge in [0.2, 0.25) is 5.78 Å². The summed E-state index contributed by atoms with van der Waals surface area (Å²) in [5, 5.41) is 3.37. The lowest BCUT2D eigenvalue weighted by Gasteiger charge is -2.22. The van der Waals surface area contributed by atoms with Gasteiger partial charge in [-0.15, -0.1) is 0 Å². The van der Waals surface area contributed by atoms with Crippen molar-refractivity contribution in [2.24, 2.45) is 5.92 Å². The quantitative estimate of drug-likeness (QED) is 0.603. The van der Waals surface area contributed by atoms with Crippen LogP contribution in [-0.4, -0.2) is 42.1 Å². The monoisotopic (exact) mass is 249 g/mol. The number of carbonyl (C=O) groups excluding carboxylic acids is 1. The topological polar surface area (TPSA) is 64.1 Å². The van der Waals surface area contributed by atoms with Gasteiger partial charge >= 0.3 is 0 Å². The number of hydrogen-bond acceptors (Lipinski definition) is 5. The molecule has 0 aromatic carbocycles. The molecule has 0 saturated carbocycles. The highest BCUT2D eigenvalue weighted by molar-refractivity contribution is 5.94. The Labute approximate surface area is 107 Å². The first-order valence-corrected chi connectivity index (χ1v) is 6.44. The molecule has 98 valence electrons.